The second-order valence-corrected chi connectivity index (χ2v) is 4.47. The molecule has 3 nitrogen and oxygen atoms in total. The van der Waals surface area contributed by atoms with Gasteiger partial charge in [-0.2, -0.15) is 0 Å². The lowest BCUT2D eigenvalue weighted by Crippen LogP contribution is -2.15. The van der Waals surface area contributed by atoms with Gasteiger partial charge in [0.05, 0.1) is 0 Å². The van der Waals surface area contributed by atoms with E-state index in [4.69, 9.17) is 5.73 Å². The van der Waals surface area contributed by atoms with Gasteiger partial charge in [0.25, 0.3) is 0 Å². The highest BCUT2D eigenvalue weighted by Gasteiger charge is 2.03. The topological polar surface area (TPSA) is 54.7 Å². The third-order valence-corrected chi connectivity index (χ3v) is 2.15. The van der Waals surface area contributed by atoms with Crippen molar-refractivity contribution in [1.29, 1.82) is 0 Å². The molecule has 1 rings (SSSR count). The van der Waals surface area contributed by atoms with Crippen LogP contribution in [0.1, 0.15) is 38.7 Å². The molecule has 80 valence electrons. The van der Waals surface area contributed by atoms with Gasteiger partial charge in [-0.3, -0.25) is 0 Å². The van der Waals surface area contributed by atoms with Crippen molar-refractivity contribution in [3.05, 3.63) is 17.7 Å². The standard InChI is InChI=1S/C11H21N3/c1-8(2)6-10-7-13-11(14-10)5-4-9(3)12/h7-9H,4-6,12H2,1-3H3,(H,13,14). The number of aromatic nitrogens is 2. The fraction of sp³-hybridized carbons (Fsp3) is 0.727. The summed E-state index contributed by atoms with van der Waals surface area (Å²) < 4.78 is 0. The quantitative estimate of drug-likeness (QED) is 0.753. The van der Waals surface area contributed by atoms with Crippen molar-refractivity contribution in [1.82, 2.24) is 9.97 Å². The van der Waals surface area contributed by atoms with Gasteiger partial charge >= 0.3 is 0 Å². The molecule has 0 radical (unpaired) electrons. The molecule has 1 aromatic rings. The van der Waals surface area contributed by atoms with Gasteiger partial charge in [0.2, 0.25) is 0 Å². The zero-order valence-electron chi connectivity index (χ0n) is 9.38. The molecule has 0 spiro atoms. The second-order valence-electron chi connectivity index (χ2n) is 4.47. The molecule has 1 atom stereocenters. The highest BCUT2D eigenvalue weighted by Crippen LogP contribution is 2.07. The zero-order valence-corrected chi connectivity index (χ0v) is 9.38. The van der Waals surface area contributed by atoms with Crippen LogP contribution in [0.15, 0.2) is 6.20 Å². The fourth-order valence-electron chi connectivity index (χ4n) is 1.44. The third-order valence-electron chi connectivity index (χ3n) is 2.15. The van der Waals surface area contributed by atoms with Gasteiger partial charge in [-0.15, -0.1) is 0 Å². The predicted molar refractivity (Wildman–Crippen MR) is 59.1 cm³/mol. The van der Waals surface area contributed by atoms with Crippen molar-refractivity contribution in [3.63, 3.8) is 0 Å². The molecule has 0 amide bonds. The number of rotatable bonds is 5. The van der Waals surface area contributed by atoms with Crippen LogP contribution in [0, 0.1) is 5.92 Å². The van der Waals surface area contributed by atoms with Gasteiger partial charge in [-0.1, -0.05) is 13.8 Å². The predicted octanol–water partition coefficient (Wildman–Crippen LogP) is 1.89. The Morgan fingerprint density at radius 3 is 2.71 bits per heavy atom. The van der Waals surface area contributed by atoms with E-state index in [9.17, 15) is 0 Å². The molecule has 14 heavy (non-hydrogen) atoms. The number of hydrogen-bond acceptors (Lipinski definition) is 2. The normalized spacial score (nSPS) is 13.5. The molecule has 0 saturated heterocycles. The van der Waals surface area contributed by atoms with Crippen LogP contribution in [0.4, 0.5) is 0 Å². The molecule has 0 aliphatic carbocycles. The molecular weight excluding hydrogens is 174 g/mol. The van der Waals surface area contributed by atoms with E-state index in [0.717, 1.165) is 25.1 Å². The Hall–Kier alpha value is -0.830. The lowest BCUT2D eigenvalue weighted by molar-refractivity contribution is 0.630. The molecule has 0 bridgehead atoms. The van der Waals surface area contributed by atoms with E-state index < -0.39 is 0 Å². The molecular formula is C11H21N3. The molecule has 0 aromatic carbocycles. The first-order chi connectivity index (χ1) is 6.58. The van der Waals surface area contributed by atoms with Gasteiger partial charge in [-0.05, 0) is 25.7 Å². The van der Waals surface area contributed by atoms with E-state index in [-0.39, 0.29) is 6.04 Å². The maximum atomic E-state index is 5.69. The summed E-state index contributed by atoms with van der Waals surface area (Å²) >= 11 is 0. The molecule has 0 fully saturated rings. The lowest BCUT2D eigenvalue weighted by Gasteiger charge is -2.02. The van der Waals surface area contributed by atoms with Crippen LogP contribution in [0.2, 0.25) is 0 Å². The van der Waals surface area contributed by atoms with Crippen molar-refractivity contribution >= 4 is 0 Å². The Labute approximate surface area is 86.1 Å². The minimum absolute atomic E-state index is 0.258. The number of nitrogens with zero attached hydrogens (tertiary/aromatic N) is 1. The summed E-state index contributed by atoms with van der Waals surface area (Å²) in [6.07, 6.45) is 4.96. The Morgan fingerprint density at radius 1 is 1.43 bits per heavy atom. The summed E-state index contributed by atoms with van der Waals surface area (Å²) in [5.74, 6) is 1.75. The fourth-order valence-corrected chi connectivity index (χ4v) is 1.44. The average Bonchev–Trinajstić information content (AvgIpc) is 2.47. The Kier molecular flexibility index (Phi) is 4.14. The second kappa shape index (κ2) is 5.15. The maximum Gasteiger partial charge on any atom is 0.106 e. The first-order valence-electron chi connectivity index (χ1n) is 5.36. The van der Waals surface area contributed by atoms with Crippen molar-refractivity contribution in [2.45, 2.75) is 46.1 Å². The highest BCUT2D eigenvalue weighted by molar-refractivity contribution is 5.02. The Bertz CT molecular complexity index is 263. The molecule has 1 heterocycles. The van der Waals surface area contributed by atoms with Crippen LogP contribution in [0.5, 0.6) is 0 Å². The average molecular weight is 195 g/mol. The number of nitrogens with two attached hydrogens (primary N) is 1. The number of aryl methyl sites for hydroxylation is 1. The molecule has 3 N–H and O–H groups in total. The van der Waals surface area contributed by atoms with Gasteiger partial charge in [0, 0.05) is 24.4 Å². The SMILES string of the molecule is CC(C)Cc1cnc(CCC(C)N)[nH]1. The van der Waals surface area contributed by atoms with Gasteiger partial charge < -0.3 is 10.7 Å². The maximum absolute atomic E-state index is 5.69. The molecule has 1 aromatic heterocycles. The number of H-pyrrole nitrogens is 1. The summed E-state index contributed by atoms with van der Waals surface area (Å²) in [4.78, 5) is 7.66. The van der Waals surface area contributed by atoms with Crippen molar-refractivity contribution in [2.75, 3.05) is 0 Å². The van der Waals surface area contributed by atoms with E-state index in [1.54, 1.807) is 0 Å². The Balaban J connectivity index is 2.42. The number of imidazole rings is 1. The summed E-state index contributed by atoms with van der Waals surface area (Å²) in [6, 6.07) is 0.258. The molecule has 0 aliphatic heterocycles. The minimum Gasteiger partial charge on any atom is -0.346 e. The highest BCUT2D eigenvalue weighted by atomic mass is 14.9. The van der Waals surface area contributed by atoms with Crippen LogP contribution in [0.25, 0.3) is 0 Å². The summed E-state index contributed by atoms with van der Waals surface area (Å²) in [6.45, 7) is 6.45. The Morgan fingerprint density at radius 2 is 2.14 bits per heavy atom. The van der Waals surface area contributed by atoms with E-state index in [2.05, 4.69) is 23.8 Å². The van der Waals surface area contributed by atoms with Gasteiger partial charge in [0.1, 0.15) is 5.82 Å². The largest absolute Gasteiger partial charge is 0.346 e. The molecule has 3 heteroatoms. The van der Waals surface area contributed by atoms with Crippen LogP contribution < -0.4 is 5.73 Å². The first kappa shape index (κ1) is 11.2. The molecule has 0 saturated carbocycles. The van der Waals surface area contributed by atoms with Crippen LogP contribution in [0.3, 0.4) is 0 Å². The molecule has 1 unspecified atom stereocenters. The van der Waals surface area contributed by atoms with Crippen molar-refractivity contribution in [2.24, 2.45) is 11.7 Å². The zero-order chi connectivity index (χ0) is 10.6. The third kappa shape index (κ3) is 3.92. The summed E-state index contributed by atoms with van der Waals surface area (Å²) in [5, 5.41) is 0. The molecule has 0 aliphatic rings. The van der Waals surface area contributed by atoms with Crippen molar-refractivity contribution in [3.8, 4) is 0 Å². The van der Waals surface area contributed by atoms with E-state index in [1.807, 2.05) is 13.1 Å². The van der Waals surface area contributed by atoms with Crippen LogP contribution in [-0.4, -0.2) is 16.0 Å². The number of aromatic amines is 1. The van der Waals surface area contributed by atoms with E-state index >= 15 is 0 Å². The monoisotopic (exact) mass is 195 g/mol. The summed E-state index contributed by atoms with van der Waals surface area (Å²) in [5.41, 5.74) is 6.92. The summed E-state index contributed by atoms with van der Waals surface area (Å²) in [7, 11) is 0. The van der Waals surface area contributed by atoms with Gasteiger partial charge in [-0.25, -0.2) is 4.98 Å². The van der Waals surface area contributed by atoms with Crippen LogP contribution >= 0.6 is 0 Å². The van der Waals surface area contributed by atoms with Crippen molar-refractivity contribution < 1.29 is 0 Å². The number of nitrogens with one attached hydrogen (secondary N) is 1. The van der Waals surface area contributed by atoms with Crippen LogP contribution in [-0.2, 0) is 12.8 Å². The number of hydrogen-bond donors (Lipinski definition) is 2. The smallest absolute Gasteiger partial charge is 0.106 e. The van der Waals surface area contributed by atoms with Gasteiger partial charge in [0.15, 0.2) is 0 Å². The van der Waals surface area contributed by atoms with E-state index in [1.165, 1.54) is 5.69 Å². The minimum atomic E-state index is 0.258. The lowest BCUT2D eigenvalue weighted by atomic mass is 10.1. The first-order valence-corrected chi connectivity index (χ1v) is 5.36. The van der Waals surface area contributed by atoms with E-state index in [0.29, 0.717) is 5.92 Å².